The van der Waals surface area contributed by atoms with Gasteiger partial charge in [-0.15, -0.1) is 0 Å². The molecule has 3 aliphatic heterocycles. The van der Waals surface area contributed by atoms with Gasteiger partial charge >= 0.3 is 0 Å². The highest BCUT2D eigenvalue weighted by molar-refractivity contribution is 5.84. The van der Waals surface area contributed by atoms with Crippen LogP contribution in [0.15, 0.2) is 0 Å². The topological polar surface area (TPSA) is 55.9 Å². The van der Waals surface area contributed by atoms with E-state index >= 15 is 0 Å². The highest BCUT2D eigenvalue weighted by Crippen LogP contribution is 2.45. The van der Waals surface area contributed by atoms with Crippen LogP contribution >= 0.6 is 0 Å². The molecule has 152 valence electrons. The quantitative estimate of drug-likeness (QED) is 0.807. The van der Waals surface area contributed by atoms with E-state index in [0.717, 1.165) is 71.6 Å². The molecule has 27 heavy (non-hydrogen) atoms. The average molecular weight is 377 g/mol. The normalized spacial score (nSPS) is 32.8. The maximum atomic E-state index is 13.4. The Morgan fingerprint density at radius 1 is 0.852 bits per heavy atom. The van der Waals surface area contributed by atoms with E-state index in [-0.39, 0.29) is 11.3 Å². The second kappa shape index (κ2) is 8.48. The summed E-state index contributed by atoms with van der Waals surface area (Å²) in [5.74, 6) is 1.19. The fourth-order valence-corrected chi connectivity index (χ4v) is 5.70. The van der Waals surface area contributed by atoms with Gasteiger partial charge < -0.3 is 15.1 Å². The summed E-state index contributed by atoms with van der Waals surface area (Å²) in [6.07, 6.45) is 9.50. The number of hydrogen-bond acceptors (Lipinski definition) is 4. The van der Waals surface area contributed by atoms with Gasteiger partial charge in [0.05, 0.1) is 12.0 Å². The molecule has 0 unspecified atom stereocenters. The van der Waals surface area contributed by atoms with Crippen molar-refractivity contribution in [3.05, 3.63) is 0 Å². The van der Waals surface area contributed by atoms with Gasteiger partial charge in [0.15, 0.2) is 0 Å². The molecule has 6 nitrogen and oxygen atoms in total. The molecule has 1 aliphatic carbocycles. The Labute approximate surface area is 163 Å². The number of hydrogen-bond donors (Lipinski definition) is 1. The Morgan fingerprint density at radius 3 is 2.33 bits per heavy atom. The third-order valence-electron chi connectivity index (χ3n) is 7.44. The maximum Gasteiger partial charge on any atom is 0.236 e. The van der Waals surface area contributed by atoms with Gasteiger partial charge in [-0.1, -0.05) is 25.7 Å². The van der Waals surface area contributed by atoms with Crippen LogP contribution in [0.3, 0.4) is 0 Å². The molecule has 4 aliphatic rings. The summed E-state index contributed by atoms with van der Waals surface area (Å²) >= 11 is 0. The number of fused-ring (bicyclic) bond motifs is 1. The van der Waals surface area contributed by atoms with E-state index in [4.69, 9.17) is 0 Å². The summed E-state index contributed by atoms with van der Waals surface area (Å²) < 4.78 is 0. The van der Waals surface area contributed by atoms with Crippen molar-refractivity contribution in [1.29, 1.82) is 0 Å². The van der Waals surface area contributed by atoms with E-state index in [2.05, 4.69) is 20.0 Å². The first-order valence-corrected chi connectivity index (χ1v) is 11.2. The minimum Gasteiger partial charge on any atom is -0.342 e. The SMILES string of the molecule is O=C(CN1CCN(C(=O)[C@@]23CCCC[C@H]2CNC3)CC1)N1CCCCCC1. The van der Waals surface area contributed by atoms with Gasteiger partial charge in [0.25, 0.3) is 0 Å². The van der Waals surface area contributed by atoms with E-state index in [1.54, 1.807) is 0 Å². The van der Waals surface area contributed by atoms with Crippen LogP contribution in [0.1, 0.15) is 51.4 Å². The molecule has 4 fully saturated rings. The number of piperazine rings is 1. The van der Waals surface area contributed by atoms with Gasteiger partial charge in [-0.2, -0.15) is 0 Å². The van der Waals surface area contributed by atoms with Crippen molar-refractivity contribution in [2.75, 3.05) is 58.9 Å². The lowest BCUT2D eigenvalue weighted by Gasteiger charge is -2.43. The van der Waals surface area contributed by atoms with Crippen molar-refractivity contribution in [1.82, 2.24) is 20.0 Å². The van der Waals surface area contributed by atoms with Gasteiger partial charge in [-0.25, -0.2) is 0 Å². The van der Waals surface area contributed by atoms with Crippen LogP contribution in [0.2, 0.25) is 0 Å². The number of rotatable bonds is 3. The fourth-order valence-electron chi connectivity index (χ4n) is 5.70. The van der Waals surface area contributed by atoms with Crippen LogP contribution in [0.4, 0.5) is 0 Å². The van der Waals surface area contributed by atoms with E-state index < -0.39 is 0 Å². The zero-order valence-corrected chi connectivity index (χ0v) is 16.8. The number of likely N-dealkylation sites (tertiary alicyclic amines) is 1. The average Bonchev–Trinajstić information content (AvgIpc) is 2.95. The Bertz CT molecular complexity index is 538. The molecule has 1 saturated carbocycles. The van der Waals surface area contributed by atoms with Crippen LogP contribution in [0, 0.1) is 11.3 Å². The molecule has 0 aromatic carbocycles. The van der Waals surface area contributed by atoms with Gasteiger partial charge in [0, 0.05) is 45.8 Å². The standard InChI is InChI=1S/C21H36N4O2/c26-19(24-9-5-1-2-6-10-24)16-23-11-13-25(14-12-23)20(27)21-8-4-3-7-18(21)15-22-17-21/h18,22H,1-17H2/t18-,21+/m0/s1. The first kappa shape index (κ1) is 19.2. The van der Waals surface area contributed by atoms with Gasteiger partial charge in [-0.05, 0) is 38.1 Å². The lowest BCUT2D eigenvalue weighted by atomic mass is 9.67. The van der Waals surface area contributed by atoms with Gasteiger partial charge in [-0.3, -0.25) is 14.5 Å². The molecule has 6 heteroatoms. The van der Waals surface area contributed by atoms with Crippen molar-refractivity contribution in [2.45, 2.75) is 51.4 Å². The van der Waals surface area contributed by atoms with Gasteiger partial charge in [0.2, 0.25) is 11.8 Å². The molecule has 0 aromatic rings. The molecular formula is C21H36N4O2. The summed E-state index contributed by atoms with van der Waals surface area (Å²) in [5.41, 5.74) is -0.137. The Balaban J connectivity index is 1.28. The van der Waals surface area contributed by atoms with Gasteiger partial charge in [0.1, 0.15) is 0 Å². The second-order valence-electron chi connectivity index (χ2n) is 9.09. The number of nitrogens with zero attached hydrogens (tertiary/aromatic N) is 3. The molecular weight excluding hydrogens is 340 g/mol. The van der Waals surface area contributed by atoms with Crippen molar-refractivity contribution in [3.63, 3.8) is 0 Å². The molecule has 0 aromatic heterocycles. The minimum atomic E-state index is -0.137. The maximum absolute atomic E-state index is 13.4. The predicted octanol–water partition coefficient (Wildman–Crippen LogP) is 1.31. The monoisotopic (exact) mass is 376 g/mol. The van der Waals surface area contributed by atoms with E-state index in [1.165, 1.54) is 32.1 Å². The molecule has 0 spiro atoms. The summed E-state index contributed by atoms with van der Waals surface area (Å²) in [4.78, 5) is 32.4. The smallest absolute Gasteiger partial charge is 0.236 e. The number of amides is 2. The third-order valence-corrected chi connectivity index (χ3v) is 7.44. The largest absolute Gasteiger partial charge is 0.342 e. The van der Waals surface area contributed by atoms with E-state index in [0.29, 0.717) is 18.4 Å². The Morgan fingerprint density at radius 2 is 1.59 bits per heavy atom. The second-order valence-corrected chi connectivity index (χ2v) is 9.09. The summed E-state index contributed by atoms with van der Waals surface area (Å²) in [6.45, 7) is 7.47. The van der Waals surface area contributed by atoms with E-state index in [1.807, 2.05) is 0 Å². The molecule has 2 amide bonds. The highest BCUT2D eigenvalue weighted by atomic mass is 16.2. The third kappa shape index (κ3) is 4.02. The van der Waals surface area contributed by atoms with Crippen LogP contribution in [-0.4, -0.2) is 85.4 Å². The first-order chi connectivity index (χ1) is 13.2. The molecule has 0 radical (unpaired) electrons. The fraction of sp³-hybridized carbons (Fsp3) is 0.905. The lowest BCUT2D eigenvalue weighted by molar-refractivity contribution is -0.147. The van der Waals surface area contributed by atoms with Crippen molar-refractivity contribution in [3.8, 4) is 0 Å². The summed E-state index contributed by atoms with van der Waals surface area (Å²) in [7, 11) is 0. The highest BCUT2D eigenvalue weighted by Gasteiger charge is 2.51. The molecule has 2 atom stereocenters. The predicted molar refractivity (Wildman–Crippen MR) is 105 cm³/mol. The molecule has 1 N–H and O–H groups in total. The zero-order chi connectivity index (χ0) is 18.7. The Kier molecular flexibility index (Phi) is 6.02. The lowest BCUT2D eigenvalue weighted by Crippen LogP contribution is -2.56. The van der Waals surface area contributed by atoms with Crippen LogP contribution in [0.5, 0.6) is 0 Å². The number of carbonyl (C=O) groups is 2. The van der Waals surface area contributed by atoms with E-state index in [9.17, 15) is 9.59 Å². The Hall–Kier alpha value is -1.14. The van der Waals surface area contributed by atoms with Crippen molar-refractivity contribution >= 4 is 11.8 Å². The van der Waals surface area contributed by atoms with Crippen molar-refractivity contribution < 1.29 is 9.59 Å². The van der Waals surface area contributed by atoms with Crippen LogP contribution in [0.25, 0.3) is 0 Å². The summed E-state index contributed by atoms with van der Waals surface area (Å²) in [6, 6.07) is 0. The molecule has 4 rings (SSSR count). The first-order valence-electron chi connectivity index (χ1n) is 11.2. The minimum absolute atomic E-state index is 0.137. The molecule has 3 heterocycles. The molecule has 0 bridgehead atoms. The number of carbonyl (C=O) groups excluding carboxylic acids is 2. The van der Waals surface area contributed by atoms with Crippen LogP contribution < -0.4 is 5.32 Å². The zero-order valence-electron chi connectivity index (χ0n) is 16.8. The number of nitrogens with one attached hydrogen (secondary N) is 1. The summed E-state index contributed by atoms with van der Waals surface area (Å²) in [5, 5.41) is 3.49. The molecule has 3 saturated heterocycles. The van der Waals surface area contributed by atoms with Crippen LogP contribution in [-0.2, 0) is 9.59 Å². The van der Waals surface area contributed by atoms with Crippen molar-refractivity contribution in [2.24, 2.45) is 11.3 Å².